The fourth-order valence-electron chi connectivity index (χ4n) is 2.75. The Bertz CT molecular complexity index is 1040. The standard InChI is InChI=1S/C24H26N2O4S/c1-16(22(28)26-24(2,3)4)29-21(27)14-18-15-31-23(25-18)17-9-8-12-20(13-17)30-19-10-6-5-7-11-19/h5-13,15-16H,14H2,1-4H3,(H,26,28). The van der Waals surface area contributed by atoms with E-state index in [0.717, 1.165) is 16.3 Å². The number of rotatable bonds is 7. The van der Waals surface area contributed by atoms with E-state index in [0.29, 0.717) is 11.4 Å². The number of aromatic nitrogens is 1. The molecule has 7 heteroatoms. The van der Waals surface area contributed by atoms with Gasteiger partial charge in [0.25, 0.3) is 5.91 Å². The van der Waals surface area contributed by atoms with Crippen molar-refractivity contribution in [3.05, 3.63) is 65.7 Å². The quantitative estimate of drug-likeness (QED) is 0.526. The first-order valence-corrected chi connectivity index (χ1v) is 10.9. The van der Waals surface area contributed by atoms with Crippen LogP contribution in [0.2, 0.25) is 0 Å². The summed E-state index contributed by atoms with van der Waals surface area (Å²) >= 11 is 1.44. The number of hydrogen-bond acceptors (Lipinski definition) is 6. The predicted octanol–water partition coefficient (Wildman–Crippen LogP) is 4.99. The molecule has 1 amide bonds. The van der Waals surface area contributed by atoms with Gasteiger partial charge in [0.05, 0.1) is 12.1 Å². The van der Waals surface area contributed by atoms with Crippen molar-refractivity contribution in [2.24, 2.45) is 0 Å². The molecule has 1 atom stereocenters. The third-order valence-corrected chi connectivity index (χ3v) is 5.05. The lowest BCUT2D eigenvalue weighted by atomic mass is 10.1. The van der Waals surface area contributed by atoms with Crippen LogP contribution in [0, 0.1) is 0 Å². The van der Waals surface area contributed by atoms with Gasteiger partial charge < -0.3 is 14.8 Å². The van der Waals surface area contributed by atoms with Crippen LogP contribution in [0.5, 0.6) is 11.5 Å². The van der Waals surface area contributed by atoms with Crippen LogP contribution in [0.25, 0.3) is 10.6 Å². The highest BCUT2D eigenvalue weighted by Crippen LogP contribution is 2.29. The molecular weight excluding hydrogens is 412 g/mol. The summed E-state index contributed by atoms with van der Waals surface area (Å²) < 4.78 is 11.1. The van der Waals surface area contributed by atoms with Crippen molar-refractivity contribution in [1.29, 1.82) is 0 Å². The van der Waals surface area contributed by atoms with Gasteiger partial charge in [-0.25, -0.2) is 4.98 Å². The SMILES string of the molecule is CC(OC(=O)Cc1csc(-c2cccc(Oc3ccccc3)c2)n1)C(=O)NC(C)(C)C. The second kappa shape index (κ2) is 9.75. The summed E-state index contributed by atoms with van der Waals surface area (Å²) in [6.07, 6.45) is -0.860. The van der Waals surface area contributed by atoms with E-state index in [1.807, 2.05) is 80.7 Å². The topological polar surface area (TPSA) is 77.5 Å². The molecular formula is C24H26N2O4S. The molecule has 2 aromatic carbocycles. The van der Waals surface area contributed by atoms with Crippen molar-refractivity contribution in [2.75, 3.05) is 0 Å². The van der Waals surface area contributed by atoms with Gasteiger partial charge in [0.15, 0.2) is 6.10 Å². The van der Waals surface area contributed by atoms with Crippen LogP contribution in [-0.2, 0) is 20.7 Å². The average Bonchev–Trinajstić information content (AvgIpc) is 3.16. The van der Waals surface area contributed by atoms with E-state index in [9.17, 15) is 9.59 Å². The number of nitrogens with zero attached hydrogens (tertiary/aromatic N) is 1. The number of nitrogens with one attached hydrogen (secondary N) is 1. The highest BCUT2D eigenvalue weighted by molar-refractivity contribution is 7.13. The van der Waals surface area contributed by atoms with Gasteiger partial charge in [0, 0.05) is 16.5 Å². The number of amides is 1. The highest BCUT2D eigenvalue weighted by Gasteiger charge is 2.22. The maximum absolute atomic E-state index is 12.2. The molecule has 1 unspecified atom stereocenters. The fourth-order valence-corrected chi connectivity index (χ4v) is 3.57. The third kappa shape index (κ3) is 6.93. The Morgan fingerprint density at radius 3 is 2.48 bits per heavy atom. The Hall–Kier alpha value is -3.19. The second-order valence-electron chi connectivity index (χ2n) is 8.14. The summed E-state index contributed by atoms with van der Waals surface area (Å²) in [6.45, 7) is 7.17. The van der Waals surface area contributed by atoms with Crippen molar-refractivity contribution in [3.8, 4) is 22.1 Å². The lowest BCUT2D eigenvalue weighted by molar-refractivity contribution is -0.154. The van der Waals surface area contributed by atoms with Gasteiger partial charge in [-0.15, -0.1) is 11.3 Å². The van der Waals surface area contributed by atoms with E-state index in [1.165, 1.54) is 11.3 Å². The normalized spacial score (nSPS) is 12.1. The molecule has 31 heavy (non-hydrogen) atoms. The van der Waals surface area contributed by atoms with Crippen molar-refractivity contribution in [1.82, 2.24) is 10.3 Å². The zero-order valence-electron chi connectivity index (χ0n) is 18.0. The van der Waals surface area contributed by atoms with Gasteiger partial charge in [0.2, 0.25) is 0 Å². The first-order chi connectivity index (χ1) is 14.7. The minimum Gasteiger partial charge on any atom is -0.457 e. The molecule has 0 bridgehead atoms. The molecule has 0 aliphatic carbocycles. The van der Waals surface area contributed by atoms with Crippen LogP contribution in [0.15, 0.2) is 60.0 Å². The largest absolute Gasteiger partial charge is 0.457 e. The van der Waals surface area contributed by atoms with E-state index in [2.05, 4.69) is 10.3 Å². The maximum atomic E-state index is 12.2. The van der Waals surface area contributed by atoms with Crippen LogP contribution in [-0.4, -0.2) is 28.5 Å². The number of benzene rings is 2. The first kappa shape index (κ1) is 22.5. The van der Waals surface area contributed by atoms with Gasteiger partial charge in [-0.1, -0.05) is 30.3 Å². The van der Waals surface area contributed by atoms with Gasteiger partial charge in [-0.3, -0.25) is 9.59 Å². The molecule has 0 saturated carbocycles. The molecule has 6 nitrogen and oxygen atoms in total. The Morgan fingerprint density at radius 2 is 1.77 bits per heavy atom. The molecule has 0 aliphatic rings. The molecule has 3 aromatic rings. The van der Waals surface area contributed by atoms with E-state index < -0.39 is 12.1 Å². The van der Waals surface area contributed by atoms with E-state index in [1.54, 1.807) is 6.92 Å². The summed E-state index contributed by atoms with van der Waals surface area (Å²) in [5.74, 6) is 0.648. The lowest BCUT2D eigenvalue weighted by Crippen LogP contribution is -2.46. The second-order valence-corrected chi connectivity index (χ2v) is 8.99. The number of thiazole rings is 1. The Balaban J connectivity index is 1.61. The summed E-state index contributed by atoms with van der Waals surface area (Å²) in [6, 6.07) is 17.2. The minimum atomic E-state index is -0.864. The average molecular weight is 439 g/mol. The summed E-state index contributed by atoms with van der Waals surface area (Å²) in [4.78, 5) is 28.9. The smallest absolute Gasteiger partial charge is 0.312 e. The van der Waals surface area contributed by atoms with Crippen LogP contribution < -0.4 is 10.1 Å². The Morgan fingerprint density at radius 1 is 1.06 bits per heavy atom. The van der Waals surface area contributed by atoms with E-state index >= 15 is 0 Å². The van der Waals surface area contributed by atoms with Crippen LogP contribution in [0.1, 0.15) is 33.4 Å². The molecule has 1 N–H and O–H groups in total. The van der Waals surface area contributed by atoms with E-state index in [-0.39, 0.29) is 17.9 Å². The van der Waals surface area contributed by atoms with E-state index in [4.69, 9.17) is 9.47 Å². The molecule has 162 valence electrons. The summed E-state index contributed by atoms with van der Waals surface area (Å²) in [5.41, 5.74) is 1.11. The van der Waals surface area contributed by atoms with Gasteiger partial charge in [-0.05, 0) is 52.0 Å². The number of hydrogen-bond donors (Lipinski definition) is 1. The van der Waals surface area contributed by atoms with Crippen LogP contribution in [0.4, 0.5) is 0 Å². The Kier molecular flexibility index (Phi) is 7.07. The molecule has 0 spiro atoms. The lowest BCUT2D eigenvalue weighted by Gasteiger charge is -2.23. The van der Waals surface area contributed by atoms with Crippen molar-refractivity contribution < 1.29 is 19.1 Å². The molecule has 1 heterocycles. The highest BCUT2D eigenvalue weighted by atomic mass is 32.1. The number of carbonyl (C=O) groups is 2. The van der Waals surface area contributed by atoms with Gasteiger partial charge >= 0.3 is 5.97 Å². The number of para-hydroxylation sites is 1. The molecule has 0 aliphatic heterocycles. The zero-order chi connectivity index (χ0) is 22.4. The summed E-state index contributed by atoms with van der Waals surface area (Å²) in [7, 11) is 0. The van der Waals surface area contributed by atoms with Crippen LogP contribution in [0.3, 0.4) is 0 Å². The minimum absolute atomic E-state index is 0.00381. The van der Waals surface area contributed by atoms with Crippen molar-refractivity contribution in [3.63, 3.8) is 0 Å². The number of esters is 1. The third-order valence-electron chi connectivity index (χ3n) is 4.11. The first-order valence-electron chi connectivity index (χ1n) is 9.99. The number of ether oxygens (including phenoxy) is 2. The van der Waals surface area contributed by atoms with Gasteiger partial charge in [-0.2, -0.15) is 0 Å². The molecule has 0 radical (unpaired) electrons. The van der Waals surface area contributed by atoms with Crippen LogP contribution >= 0.6 is 11.3 Å². The predicted molar refractivity (Wildman–Crippen MR) is 121 cm³/mol. The molecule has 0 fully saturated rings. The van der Waals surface area contributed by atoms with Crippen molar-refractivity contribution in [2.45, 2.75) is 45.8 Å². The number of carbonyl (C=O) groups excluding carboxylic acids is 2. The zero-order valence-corrected chi connectivity index (χ0v) is 18.9. The monoisotopic (exact) mass is 438 g/mol. The van der Waals surface area contributed by atoms with Gasteiger partial charge in [0.1, 0.15) is 16.5 Å². The summed E-state index contributed by atoms with van der Waals surface area (Å²) in [5, 5.41) is 5.39. The Labute approximate surface area is 186 Å². The molecule has 0 saturated heterocycles. The molecule has 3 rings (SSSR count). The molecule has 1 aromatic heterocycles. The maximum Gasteiger partial charge on any atom is 0.312 e. The van der Waals surface area contributed by atoms with Crippen molar-refractivity contribution >= 4 is 23.2 Å². The fraction of sp³-hybridized carbons (Fsp3) is 0.292.